The Hall–Kier alpha value is 0.660. The van der Waals surface area contributed by atoms with E-state index in [1.807, 2.05) is 23.5 Å². The lowest BCUT2D eigenvalue weighted by Crippen LogP contribution is -2.47. The van der Waals surface area contributed by atoms with E-state index < -0.39 is 0 Å². The Bertz CT molecular complexity index is 134. The molecule has 3 heteroatoms. The maximum absolute atomic E-state index is 3.67. The van der Waals surface area contributed by atoms with Crippen molar-refractivity contribution in [3.8, 4) is 0 Å². The second-order valence-corrected chi connectivity index (χ2v) is 6.06. The highest BCUT2D eigenvalue weighted by Gasteiger charge is 2.27. The minimum atomic E-state index is 0.486. The Labute approximate surface area is 90.8 Å². The molecule has 1 saturated heterocycles. The van der Waals surface area contributed by atoms with E-state index in [9.17, 15) is 0 Å². The molecule has 0 amide bonds. The van der Waals surface area contributed by atoms with Crippen LogP contribution in [-0.2, 0) is 0 Å². The fraction of sp³-hybridized carbons (Fsp3) is 1.00. The number of hydrogen-bond donors (Lipinski definition) is 1. The van der Waals surface area contributed by atoms with Crippen molar-refractivity contribution < 1.29 is 0 Å². The van der Waals surface area contributed by atoms with Gasteiger partial charge in [-0.2, -0.15) is 23.5 Å². The summed E-state index contributed by atoms with van der Waals surface area (Å²) in [4.78, 5) is 0. The molecule has 1 aliphatic heterocycles. The molecule has 0 bridgehead atoms. The Balaban J connectivity index is 2.27. The quantitative estimate of drug-likeness (QED) is 0.737. The van der Waals surface area contributed by atoms with Crippen molar-refractivity contribution in [1.29, 1.82) is 0 Å². The van der Waals surface area contributed by atoms with Crippen molar-refractivity contribution in [2.24, 2.45) is 0 Å². The third-order valence-corrected chi connectivity index (χ3v) is 5.94. The van der Waals surface area contributed by atoms with Gasteiger partial charge in [0.25, 0.3) is 0 Å². The third kappa shape index (κ3) is 3.07. The molecule has 1 heterocycles. The molecule has 0 aromatic rings. The van der Waals surface area contributed by atoms with Crippen LogP contribution in [0, 0.1) is 0 Å². The summed E-state index contributed by atoms with van der Waals surface area (Å²) in [5.74, 6) is 2.63. The molecule has 78 valence electrons. The van der Waals surface area contributed by atoms with Gasteiger partial charge in [-0.3, -0.25) is 0 Å². The number of nitrogens with one attached hydrogen (secondary N) is 1. The standard InChI is InChI=1S/C10H21NS2/c1-4-10(5-2,12-3)8-11-9-6-13-7-9/h9,11H,4-8H2,1-3H3. The van der Waals surface area contributed by atoms with Crippen LogP contribution in [-0.4, -0.2) is 35.1 Å². The van der Waals surface area contributed by atoms with E-state index in [0.717, 1.165) is 6.04 Å². The van der Waals surface area contributed by atoms with Crippen molar-refractivity contribution in [2.45, 2.75) is 37.5 Å². The molecule has 0 aromatic heterocycles. The van der Waals surface area contributed by atoms with E-state index in [0.29, 0.717) is 4.75 Å². The van der Waals surface area contributed by atoms with Crippen LogP contribution in [0.3, 0.4) is 0 Å². The van der Waals surface area contributed by atoms with E-state index in [1.54, 1.807) is 0 Å². The average molecular weight is 219 g/mol. The highest BCUT2D eigenvalue weighted by Crippen LogP contribution is 2.30. The second kappa shape index (κ2) is 5.52. The summed E-state index contributed by atoms with van der Waals surface area (Å²) < 4.78 is 0.486. The van der Waals surface area contributed by atoms with Crippen LogP contribution in [0.5, 0.6) is 0 Å². The van der Waals surface area contributed by atoms with E-state index in [2.05, 4.69) is 25.4 Å². The Morgan fingerprint density at radius 2 is 2.00 bits per heavy atom. The van der Waals surface area contributed by atoms with E-state index in [1.165, 1.54) is 30.9 Å². The van der Waals surface area contributed by atoms with Gasteiger partial charge < -0.3 is 5.32 Å². The molecular formula is C10H21NS2. The van der Waals surface area contributed by atoms with Gasteiger partial charge in [0.2, 0.25) is 0 Å². The molecule has 0 aromatic carbocycles. The summed E-state index contributed by atoms with van der Waals surface area (Å²) in [6.07, 6.45) is 4.79. The molecule has 0 aliphatic carbocycles. The second-order valence-electron chi connectivity index (χ2n) is 3.71. The SMILES string of the molecule is CCC(CC)(CNC1CSC1)SC. The molecule has 0 unspecified atom stereocenters. The van der Waals surface area contributed by atoms with Crippen molar-refractivity contribution >= 4 is 23.5 Å². The van der Waals surface area contributed by atoms with Crippen LogP contribution in [0.25, 0.3) is 0 Å². The first-order chi connectivity index (χ1) is 6.26. The van der Waals surface area contributed by atoms with Crippen LogP contribution in [0.15, 0.2) is 0 Å². The Morgan fingerprint density at radius 1 is 1.38 bits per heavy atom. The summed E-state index contributed by atoms with van der Waals surface area (Å²) in [6.45, 7) is 5.79. The predicted octanol–water partition coefficient (Wildman–Crippen LogP) is 2.61. The van der Waals surface area contributed by atoms with Crippen molar-refractivity contribution in [3.05, 3.63) is 0 Å². The molecular weight excluding hydrogens is 198 g/mol. The lowest BCUT2D eigenvalue weighted by Gasteiger charge is -2.34. The van der Waals surface area contributed by atoms with Gasteiger partial charge in [0, 0.05) is 28.8 Å². The van der Waals surface area contributed by atoms with Gasteiger partial charge in [0.05, 0.1) is 0 Å². The zero-order chi connectivity index (χ0) is 9.73. The first-order valence-corrected chi connectivity index (χ1v) is 7.50. The fourth-order valence-electron chi connectivity index (χ4n) is 1.54. The van der Waals surface area contributed by atoms with Crippen molar-refractivity contribution in [1.82, 2.24) is 5.32 Å². The smallest absolute Gasteiger partial charge is 0.0276 e. The highest BCUT2D eigenvalue weighted by atomic mass is 32.2. The third-order valence-electron chi connectivity index (χ3n) is 3.07. The maximum atomic E-state index is 3.67. The normalized spacial score (nSPS) is 18.7. The molecule has 13 heavy (non-hydrogen) atoms. The molecule has 0 atom stereocenters. The van der Waals surface area contributed by atoms with Gasteiger partial charge >= 0.3 is 0 Å². The van der Waals surface area contributed by atoms with E-state index in [4.69, 9.17) is 0 Å². The fourth-order valence-corrected chi connectivity index (χ4v) is 3.06. The Kier molecular flexibility index (Phi) is 4.98. The summed E-state index contributed by atoms with van der Waals surface area (Å²) in [5, 5.41) is 3.67. The topological polar surface area (TPSA) is 12.0 Å². The van der Waals surface area contributed by atoms with E-state index >= 15 is 0 Å². The number of rotatable bonds is 6. The largest absolute Gasteiger partial charge is 0.311 e. The number of thioether (sulfide) groups is 2. The molecule has 0 radical (unpaired) electrons. The number of hydrogen-bond acceptors (Lipinski definition) is 3. The predicted molar refractivity (Wildman–Crippen MR) is 65.9 cm³/mol. The van der Waals surface area contributed by atoms with Gasteiger partial charge in [-0.05, 0) is 19.1 Å². The zero-order valence-corrected chi connectivity index (χ0v) is 10.6. The van der Waals surface area contributed by atoms with Crippen LogP contribution < -0.4 is 5.32 Å². The summed E-state index contributed by atoms with van der Waals surface area (Å²) in [6, 6.07) is 0.801. The zero-order valence-electron chi connectivity index (χ0n) is 8.93. The van der Waals surface area contributed by atoms with Crippen molar-refractivity contribution in [3.63, 3.8) is 0 Å². The van der Waals surface area contributed by atoms with Gasteiger partial charge in [0.15, 0.2) is 0 Å². The van der Waals surface area contributed by atoms with Gasteiger partial charge in [0.1, 0.15) is 0 Å². The van der Waals surface area contributed by atoms with Gasteiger partial charge in [-0.1, -0.05) is 13.8 Å². The summed E-state index contributed by atoms with van der Waals surface area (Å²) >= 11 is 4.07. The van der Waals surface area contributed by atoms with Crippen LogP contribution in [0.1, 0.15) is 26.7 Å². The van der Waals surface area contributed by atoms with Gasteiger partial charge in [-0.15, -0.1) is 0 Å². The highest BCUT2D eigenvalue weighted by molar-refractivity contribution is 8.00. The lowest BCUT2D eigenvalue weighted by molar-refractivity contribution is 0.464. The molecule has 1 fully saturated rings. The molecule has 0 saturated carbocycles. The van der Waals surface area contributed by atoms with E-state index in [-0.39, 0.29) is 0 Å². The molecule has 1 rings (SSSR count). The summed E-state index contributed by atoms with van der Waals surface area (Å²) in [5.41, 5.74) is 0. The van der Waals surface area contributed by atoms with Gasteiger partial charge in [-0.25, -0.2) is 0 Å². The van der Waals surface area contributed by atoms with Crippen LogP contribution >= 0.6 is 23.5 Å². The first kappa shape index (κ1) is 11.7. The maximum Gasteiger partial charge on any atom is 0.0276 e. The lowest BCUT2D eigenvalue weighted by atomic mass is 10.0. The van der Waals surface area contributed by atoms with Crippen molar-refractivity contribution in [2.75, 3.05) is 24.3 Å². The molecule has 1 aliphatic rings. The molecule has 1 N–H and O–H groups in total. The molecule has 0 spiro atoms. The minimum absolute atomic E-state index is 0.486. The van der Waals surface area contributed by atoms with Crippen LogP contribution in [0.2, 0.25) is 0 Å². The first-order valence-electron chi connectivity index (χ1n) is 5.12. The Morgan fingerprint density at radius 3 is 2.31 bits per heavy atom. The average Bonchev–Trinajstić information content (AvgIpc) is 2.11. The monoisotopic (exact) mass is 219 g/mol. The summed E-state index contributed by atoms with van der Waals surface area (Å²) in [7, 11) is 0. The molecule has 1 nitrogen and oxygen atoms in total. The minimum Gasteiger partial charge on any atom is -0.311 e. The van der Waals surface area contributed by atoms with Crippen LogP contribution in [0.4, 0.5) is 0 Å².